The number of hydrogen-bond donors (Lipinski definition) is 0. The maximum absolute atomic E-state index is 12.6. The minimum Gasteiger partial charge on any atom is -0.466 e. The molecule has 3 rings (SSSR count). The molecule has 0 spiro atoms. The number of benzene rings is 1. The third-order valence-corrected chi connectivity index (χ3v) is 5.23. The number of halogens is 1. The Labute approximate surface area is 149 Å². The van der Waals surface area contributed by atoms with Crippen molar-refractivity contribution in [2.45, 2.75) is 26.3 Å². The maximum Gasteiger partial charge on any atom is 0.309 e. The average molecular weight is 393 g/mol. The minimum absolute atomic E-state index is 0.0719. The Bertz CT molecular complexity index is 748. The summed E-state index contributed by atoms with van der Waals surface area (Å²) in [4.78, 5) is 26.2. The van der Waals surface area contributed by atoms with E-state index in [4.69, 9.17) is 4.74 Å². The standard InChI is InChI=1S/C18H21BrN2O3/c1-2-24-18(23)13-6-9-20(10-7-13)17(22)12-21-11-8-14-15(19)4-3-5-16(14)21/h3-5,8,11,13H,2,6-7,9-10,12H2,1H3. The highest BCUT2D eigenvalue weighted by Gasteiger charge is 2.28. The van der Waals surface area contributed by atoms with Gasteiger partial charge in [-0.2, -0.15) is 0 Å². The lowest BCUT2D eigenvalue weighted by Crippen LogP contribution is -2.42. The van der Waals surface area contributed by atoms with E-state index < -0.39 is 0 Å². The molecular weight excluding hydrogens is 372 g/mol. The van der Waals surface area contributed by atoms with Crippen molar-refractivity contribution in [3.8, 4) is 0 Å². The summed E-state index contributed by atoms with van der Waals surface area (Å²) < 4.78 is 8.07. The van der Waals surface area contributed by atoms with E-state index in [0.717, 1.165) is 15.4 Å². The van der Waals surface area contributed by atoms with Gasteiger partial charge in [0.25, 0.3) is 0 Å². The van der Waals surface area contributed by atoms with Crippen LogP contribution in [0.2, 0.25) is 0 Å². The second kappa shape index (κ2) is 7.38. The number of esters is 1. The average Bonchev–Trinajstić information content (AvgIpc) is 2.99. The number of aromatic nitrogens is 1. The lowest BCUT2D eigenvalue weighted by Gasteiger charge is -2.31. The first-order valence-electron chi connectivity index (χ1n) is 8.28. The van der Waals surface area contributed by atoms with Crippen molar-refractivity contribution in [2.75, 3.05) is 19.7 Å². The molecule has 0 N–H and O–H groups in total. The Kier molecular flexibility index (Phi) is 5.23. The number of rotatable bonds is 4. The van der Waals surface area contributed by atoms with E-state index in [-0.39, 0.29) is 17.8 Å². The van der Waals surface area contributed by atoms with E-state index in [1.54, 1.807) is 0 Å². The molecule has 0 bridgehead atoms. The van der Waals surface area contributed by atoms with Crippen molar-refractivity contribution < 1.29 is 14.3 Å². The first-order valence-corrected chi connectivity index (χ1v) is 9.07. The van der Waals surface area contributed by atoms with Gasteiger partial charge in [-0.05, 0) is 38.0 Å². The Morgan fingerprint density at radius 2 is 2.00 bits per heavy atom. The van der Waals surface area contributed by atoms with Gasteiger partial charge in [0.2, 0.25) is 5.91 Å². The van der Waals surface area contributed by atoms with Gasteiger partial charge in [0.15, 0.2) is 0 Å². The molecule has 1 fully saturated rings. The molecule has 0 saturated carbocycles. The summed E-state index contributed by atoms with van der Waals surface area (Å²) in [6.07, 6.45) is 3.31. The Morgan fingerprint density at radius 3 is 2.71 bits per heavy atom. The summed E-state index contributed by atoms with van der Waals surface area (Å²) in [7, 11) is 0. The van der Waals surface area contributed by atoms with Crippen LogP contribution in [-0.4, -0.2) is 41.0 Å². The fraction of sp³-hybridized carbons (Fsp3) is 0.444. The van der Waals surface area contributed by atoms with Crippen LogP contribution in [0, 0.1) is 5.92 Å². The molecule has 5 nitrogen and oxygen atoms in total. The smallest absolute Gasteiger partial charge is 0.309 e. The first kappa shape index (κ1) is 17.0. The van der Waals surface area contributed by atoms with Gasteiger partial charge in [0.05, 0.1) is 12.5 Å². The number of fused-ring (bicyclic) bond motifs is 1. The zero-order valence-electron chi connectivity index (χ0n) is 13.7. The van der Waals surface area contributed by atoms with E-state index >= 15 is 0 Å². The van der Waals surface area contributed by atoms with Crippen molar-refractivity contribution in [3.63, 3.8) is 0 Å². The molecular formula is C18H21BrN2O3. The molecule has 0 atom stereocenters. The number of hydrogen-bond acceptors (Lipinski definition) is 3. The van der Waals surface area contributed by atoms with Gasteiger partial charge in [0, 0.05) is 34.7 Å². The second-order valence-electron chi connectivity index (χ2n) is 6.02. The van der Waals surface area contributed by atoms with Crippen LogP contribution in [0.3, 0.4) is 0 Å². The van der Waals surface area contributed by atoms with E-state index in [9.17, 15) is 9.59 Å². The third-order valence-electron chi connectivity index (χ3n) is 4.53. The van der Waals surface area contributed by atoms with Crippen molar-refractivity contribution in [1.29, 1.82) is 0 Å². The molecule has 1 aliphatic heterocycles. The molecule has 0 aliphatic carbocycles. The van der Waals surface area contributed by atoms with Crippen LogP contribution in [0.5, 0.6) is 0 Å². The zero-order valence-corrected chi connectivity index (χ0v) is 15.3. The largest absolute Gasteiger partial charge is 0.466 e. The number of carbonyl (C=O) groups excluding carboxylic acids is 2. The van der Waals surface area contributed by atoms with Crippen LogP contribution in [0.1, 0.15) is 19.8 Å². The zero-order chi connectivity index (χ0) is 17.1. The summed E-state index contributed by atoms with van der Waals surface area (Å²) in [6.45, 7) is 3.78. The highest BCUT2D eigenvalue weighted by atomic mass is 79.9. The number of amides is 1. The molecule has 0 unspecified atom stereocenters. The van der Waals surface area contributed by atoms with Crippen LogP contribution in [-0.2, 0) is 20.9 Å². The van der Waals surface area contributed by atoms with Crippen LogP contribution in [0.4, 0.5) is 0 Å². The van der Waals surface area contributed by atoms with Crippen molar-refractivity contribution in [1.82, 2.24) is 9.47 Å². The normalized spacial score (nSPS) is 15.7. The van der Waals surface area contributed by atoms with Crippen LogP contribution < -0.4 is 0 Å². The third kappa shape index (κ3) is 3.48. The molecule has 2 aromatic rings. The molecule has 128 valence electrons. The van der Waals surface area contributed by atoms with Gasteiger partial charge in [-0.25, -0.2) is 0 Å². The predicted molar refractivity (Wildman–Crippen MR) is 95.6 cm³/mol. The summed E-state index contributed by atoms with van der Waals surface area (Å²) in [5.74, 6) is -0.113. The topological polar surface area (TPSA) is 51.5 Å². The second-order valence-corrected chi connectivity index (χ2v) is 6.88. The molecule has 1 aliphatic rings. The van der Waals surface area contributed by atoms with E-state index in [1.165, 1.54) is 0 Å². The van der Waals surface area contributed by atoms with Gasteiger partial charge >= 0.3 is 5.97 Å². The van der Waals surface area contributed by atoms with Crippen LogP contribution in [0.25, 0.3) is 10.9 Å². The Balaban J connectivity index is 1.62. The van der Waals surface area contributed by atoms with Crippen molar-refractivity contribution >= 4 is 38.7 Å². The highest BCUT2D eigenvalue weighted by Crippen LogP contribution is 2.25. The number of piperidine rings is 1. The highest BCUT2D eigenvalue weighted by molar-refractivity contribution is 9.10. The molecule has 1 aromatic heterocycles. The lowest BCUT2D eigenvalue weighted by molar-refractivity contribution is -0.151. The fourth-order valence-corrected chi connectivity index (χ4v) is 3.68. The quantitative estimate of drug-likeness (QED) is 0.750. The molecule has 1 aromatic carbocycles. The number of likely N-dealkylation sites (tertiary alicyclic amines) is 1. The van der Waals surface area contributed by atoms with E-state index in [1.807, 2.05) is 46.9 Å². The maximum atomic E-state index is 12.6. The van der Waals surface area contributed by atoms with Gasteiger partial charge < -0.3 is 14.2 Å². The molecule has 1 amide bonds. The summed E-state index contributed by atoms with van der Waals surface area (Å²) in [5, 5.41) is 1.10. The number of carbonyl (C=O) groups is 2. The molecule has 2 heterocycles. The van der Waals surface area contributed by atoms with Gasteiger partial charge in [0.1, 0.15) is 6.54 Å². The predicted octanol–water partition coefficient (Wildman–Crippen LogP) is 3.21. The molecule has 6 heteroatoms. The van der Waals surface area contributed by atoms with Gasteiger partial charge in [-0.3, -0.25) is 9.59 Å². The van der Waals surface area contributed by atoms with Crippen LogP contribution >= 0.6 is 15.9 Å². The van der Waals surface area contributed by atoms with Gasteiger partial charge in [-0.1, -0.05) is 22.0 Å². The minimum atomic E-state index is -0.133. The number of nitrogens with zero attached hydrogens (tertiary/aromatic N) is 2. The molecule has 1 saturated heterocycles. The monoisotopic (exact) mass is 392 g/mol. The Hall–Kier alpha value is -1.82. The summed E-state index contributed by atoms with van der Waals surface area (Å²) in [5.41, 5.74) is 1.04. The SMILES string of the molecule is CCOC(=O)C1CCN(C(=O)Cn2ccc3c(Br)cccc32)CC1. The summed E-state index contributed by atoms with van der Waals surface area (Å²) >= 11 is 3.53. The molecule has 0 radical (unpaired) electrons. The van der Waals surface area contributed by atoms with Crippen molar-refractivity contribution in [2.24, 2.45) is 5.92 Å². The van der Waals surface area contributed by atoms with Gasteiger partial charge in [-0.15, -0.1) is 0 Å². The lowest BCUT2D eigenvalue weighted by atomic mass is 9.97. The summed E-state index contributed by atoms with van der Waals surface area (Å²) in [6, 6.07) is 7.99. The first-order chi connectivity index (χ1) is 11.6. The van der Waals surface area contributed by atoms with E-state index in [0.29, 0.717) is 39.1 Å². The molecule has 24 heavy (non-hydrogen) atoms. The van der Waals surface area contributed by atoms with Crippen molar-refractivity contribution in [3.05, 3.63) is 34.9 Å². The Morgan fingerprint density at radius 1 is 1.25 bits per heavy atom. The van der Waals surface area contributed by atoms with Crippen LogP contribution in [0.15, 0.2) is 34.9 Å². The number of ether oxygens (including phenoxy) is 1. The fourth-order valence-electron chi connectivity index (χ4n) is 3.19. The van der Waals surface area contributed by atoms with E-state index in [2.05, 4.69) is 15.9 Å².